The summed E-state index contributed by atoms with van der Waals surface area (Å²) in [7, 11) is -1.42. The highest BCUT2D eigenvalue weighted by molar-refractivity contribution is 7.45. The van der Waals surface area contributed by atoms with Gasteiger partial charge in [-0.3, -0.25) is 0 Å². The van der Waals surface area contributed by atoms with E-state index >= 15 is 0 Å². The van der Waals surface area contributed by atoms with Crippen molar-refractivity contribution in [1.82, 2.24) is 0 Å². The number of benzene rings is 2. The van der Waals surface area contributed by atoms with Crippen molar-refractivity contribution in [2.45, 2.75) is 105 Å². The van der Waals surface area contributed by atoms with Crippen LogP contribution in [0.5, 0.6) is 0 Å². The van der Waals surface area contributed by atoms with Crippen LogP contribution in [-0.2, 0) is 4.57 Å². The van der Waals surface area contributed by atoms with Gasteiger partial charge < -0.3 is 0 Å². The van der Waals surface area contributed by atoms with Gasteiger partial charge in [-0.05, 0) is 89.5 Å². The van der Waals surface area contributed by atoms with Crippen LogP contribution >= 0.6 is 7.80 Å². The predicted molar refractivity (Wildman–Crippen MR) is 133 cm³/mol. The molecule has 0 bridgehead atoms. The van der Waals surface area contributed by atoms with Crippen LogP contribution in [0.1, 0.15) is 108 Å². The molecule has 0 fully saturated rings. The predicted octanol–water partition coefficient (Wildman–Crippen LogP) is 9.53. The van der Waals surface area contributed by atoms with E-state index in [0.717, 1.165) is 38.5 Å². The van der Waals surface area contributed by atoms with E-state index in [4.69, 9.17) is 0 Å². The molecule has 0 aliphatic heterocycles. The van der Waals surface area contributed by atoms with Crippen LogP contribution in [0.3, 0.4) is 0 Å². The molecule has 164 valence electrons. The van der Waals surface area contributed by atoms with Crippen molar-refractivity contribution in [3.63, 3.8) is 0 Å². The first-order chi connectivity index (χ1) is 14.2. The van der Waals surface area contributed by atoms with Gasteiger partial charge in [0.2, 0.25) is 0 Å². The van der Waals surface area contributed by atoms with Gasteiger partial charge in [0, 0.05) is 11.1 Å². The lowest BCUT2D eigenvalue weighted by molar-refractivity contribution is 0.551. The van der Waals surface area contributed by atoms with Crippen molar-refractivity contribution in [2.75, 3.05) is 0 Å². The van der Waals surface area contributed by atoms with Crippen LogP contribution in [0.2, 0.25) is 0 Å². The Morgan fingerprint density at radius 3 is 1.20 bits per heavy atom. The Hall–Kier alpha value is -1.46. The molecule has 0 heterocycles. The van der Waals surface area contributed by atoms with Crippen molar-refractivity contribution in [2.24, 2.45) is 0 Å². The first kappa shape index (κ1) is 24.8. The number of unbranched alkanes of at least 4 members (excludes halogenated alkanes) is 2. The SMILES string of the molecule is CCCCC(c1c(C)cc(C)cc1C)[P+](=O)C(CCCC)c1c(C)cc(C)cc1C. The molecule has 2 heteroatoms. The van der Waals surface area contributed by atoms with Crippen LogP contribution in [0.15, 0.2) is 24.3 Å². The molecule has 2 rings (SSSR count). The molecule has 2 unspecified atom stereocenters. The zero-order chi connectivity index (χ0) is 22.4. The molecule has 0 spiro atoms. The smallest absolute Gasteiger partial charge is 0.0734 e. The summed E-state index contributed by atoms with van der Waals surface area (Å²) in [6, 6.07) is 9.09. The Bertz CT molecular complexity index is 763. The molecule has 0 saturated heterocycles. The van der Waals surface area contributed by atoms with E-state index in [1.165, 1.54) is 44.5 Å². The van der Waals surface area contributed by atoms with Gasteiger partial charge in [-0.25, -0.2) is 0 Å². The van der Waals surface area contributed by atoms with E-state index in [-0.39, 0.29) is 11.3 Å². The fraction of sp³-hybridized carbons (Fsp3) is 0.571. The first-order valence-electron chi connectivity index (χ1n) is 11.8. The van der Waals surface area contributed by atoms with Crippen LogP contribution in [0, 0.1) is 41.5 Å². The quantitative estimate of drug-likeness (QED) is 0.346. The molecule has 30 heavy (non-hydrogen) atoms. The fourth-order valence-corrected chi connectivity index (χ4v) is 7.88. The second-order valence-electron chi connectivity index (χ2n) is 9.30. The molecular weight excluding hydrogens is 383 g/mol. The molecule has 0 aliphatic rings. The average Bonchev–Trinajstić information content (AvgIpc) is 2.65. The summed E-state index contributed by atoms with van der Waals surface area (Å²) in [5, 5.41) is 0. The maximum atomic E-state index is 14.4. The van der Waals surface area contributed by atoms with E-state index in [0.29, 0.717) is 0 Å². The molecule has 2 aromatic rings. The molecule has 0 aliphatic carbocycles. The largest absolute Gasteiger partial charge is 0.354 e. The van der Waals surface area contributed by atoms with Crippen molar-refractivity contribution >= 4 is 7.80 Å². The number of hydrogen-bond donors (Lipinski definition) is 0. The third-order valence-electron chi connectivity index (χ3n) is 6.42. The fourth-order valence-electron chi connectivity index (χ4n) is 5.24. The highest BCUT2D eigenvalue weighted by Crippen LogP contribution is 2.58. The lowest BCUT2D eigenvalue weighted by Gasteiger charge is -2.21. The van der Waals surface area contributed by atoms with E-state index in [1.54, 1.807) is 0 Å². The minimum absolute atomic E-state index is 0.141. The minimum Gasteiger partial charge on any atom is -0.0734 e. The van der Waals surface area contributed by atoms with Gasteiger partial charge in [-0.1, -0.05) is 66.6 Å². The molecule has 0 aromatic heterocycles. The second kappa shape index (κ2) is 11.2. The van der Waals surface area contributed by atoms with Crippen LogP contribution < -0.4 is 0 Å². The maximum absolute atomic E-state index is 14.4. The third kappa shape index (κ3) is 5.82. The molecule has 0 radical (unpaired) electrons. The Morgan fingerprint density at radius 2 is 0.933 bits per heavy atom. The summed E-state index contributed by atoms with van der Waals surface area (Å²) in [5.74, 6) is 0. The van der Waals surface area contributed by atoms with Crippen molar-refractivity contribution in [3.05, 3.63) is 68.8 Å². The third-order valence-corrected chi connectivity index (χ3v) is 8.68. The second-order valence-corrected chi connectivity index (χ2v) is 11.3. The van der Waals surface area contributed by atoms with Gasteiger partial charge >= 0.3 is 7.80 Å². The topological polar surface area (TPSA) is 17.1 Å². The Balaban J connectivity index is 2.59. The van der Waals surface area contributed by atoms with Gasteiger partial charge in [-0.2, -0.15) is 0 Å². The van der Waals surface area contributed by atoms with Crippen molar-refractivity contribution in [3.8, 4) is 0 Å². The summed E-state index contributed by atoms with van der Waals surface area (Å²) in [5.41, 5.74) is 10.8. The summed E-state index contributed by atoms with van der Waals surface area (Å²) >= 11 is 0. The van der Waals surface area contributed by atoms with Crippen LogP contribution in [0.4, 0.5) is 0 Å². The molecule has 0 saturated carbocycles. The van der Waals surface area contributed by atoms with Gasteiger partial charge in [0.25, 0.3) is 0 Å². The Labute approximate surface area is 186 Å². The Kier molecular flexibility index (Phi) is 9.30. The van der Waals surface area contributed by atoms with Gasteiger partial charge in [0.1, 0.15) is 0 Å². The number of hydrogen-bond acceptors (Lipinski definition) is 1. The zero-order valence-corrected chi connectivity index (χ0v) is 21.5. The maximum Gasteiger partial charge on any atom is 0.354 e. The molecule has 2 aromatic carbocycles. The summed E-state index contributed by atoms with van der Waals surface area (Å²) in [4.78, 5) is 0. The highest BCUT2D eigenvalue weighted by atomic mass is 31.1. The summed E-state index contributed by atoms with van der Waals surface area (Å²) < 4.78 is 14.4. The Morgan fingerprint density at radius 1 is 0.633 bits per heavy atom. The number of aryl methyl sites for hydroxylation is 6. The van der Waals surface area contributed by atoms with Gasteiger partial charge in [0.15, 0.2) is 11.3 Å². The molecule has 0 amide bonds. The van der Waals surface area contributed by atoms with Gasteiger partial charge in [0.05, 0.1) is 0 Å². The van der Waals surface area contributed by atoms with Crippen LogP contribution in [-0.4, -0.2) is 0 Å². The normalized spacial score (nSPS) is 13.9. The lowest BCUT2D eigenvalue weighted by Crippen LogP contribution is -2.08. The van der Waals surface area contributed by atoms with Crippen LogP contribution in [0.25, 0.3) is 0 Å². The zero-order valence-electron chi connectivity index (χ0n) is 20.6. The van der Waals surface area contributed by atoms with Crippen molar-refractivity contribution < 1.29 is 4.57 Å². The monoisotopic (exact) mass is 425 g/mol. The summed E-state index contributed by atoms with van der Waals surface area (Å²) in [6.45, 7) is 17.6. The standard InChI is InChI=1S/C28H42OP/c1-9-11-13-25(27-21(5)15-19(3)16-22(27)6)30(29)26(14-12-10-2)28-23(7)17-20(4)18-24(28)8/h15-18,25-26H,9-14H2,1-8H3/q+1. The molecule has 0 N–H and O–H groups in total. The van der Waals surface area contributed by atoms with E-state index in [9.17, 15) is 4.57 Å². The summed E-state index contributed by atoms with van der Waals surface area (Å²) in [6.07, 6.45) is 6.58. The molecule has 1 nitrogen and oxygen atoms in total. The average molecular weight is 426 g/mol. The van der Waals surface area contributed by atoms with E-state index in [1.807, 2.05) is 0 Å². The van der Waals surface area contributed by atoms with E-state index < -0.39 is 7.80 Å². The highest BCUT2D eigenvalue weighted by Gasteiger charge is 2.42. The number of rotatable bonds is 10. The molecular formula is C28H42OP+. The van der Waals surface area contributed by atoms with Crippen molar-refractivity contribution in [1.29, 1.82) is 0 Å². The van der Waals surface area contributed by atoms with E-state index in [2.05, 4.69) is 79.7 Å². The lowest BCUT2D eigenvalue weighted by atomic mass is 9.94. The first-order valence-corrected chi connectivity index (χ1v) is 13.2. The minimum atomic E-state index is -1.42. The van der Waals surface area contributed by atoms with Gasteiger partial charge in [-0.15, -0.1) is 0 Å². The molecule has 2 atom stereocenters.